The Morgan fingerprint density at radius 3 is 2.67 bits per heavy atom. The summed E-state index contributed by atoms with van der Waals surface area (Å²) < 4.78 is 18.5. The highest BCUT2D eigenvalue weighted by molar-refractivity contribution is 7.99. The first-order valence-corrected chi connectivity index (χ1v) is 12.5. The minimum absolute atomic E-state index is 0.413. The van der Waals surface area contributed by atoms with E-state index in [1.165, 1.54) is 20.0 Å². The lowest BCUT2D eigenvalue weighted by Crippen LogP contribution is -2.29. The number of nitrogens with zero attached hydrogens (tertiary/aromatic N) is 3. The third-order valence-electron chi connectivity index (χ3n) is 5.43. The predicted molar refractivity (Wildman–Crippen MR) is 130 cm³/mol. The molecule has 1 atom stereocenters. The molecule has 1 aromatic carbocycles. The highest BCUT2D eigenvalue weighted by Gasteiger charge is 2.35. The van der Waals surface area contributed by atoms with Crippen LogP contribution in [0.2, 0.25) is 0 Å². The molecule has 8 nitrogen and oxygen atoms in total. The van der Waals surface area contributed by atoms with Crippen molar-refractivity contribution in [2.24, 2.45) is 0 Å². The molecule has 1 aliphatic rings. The monoisotopic (exact) mass is 474 g/mol. The standard InChI is InChI=1S/C24H34N4O4S/c1-6-8-9-10-13-32-18-12-11-17(15-19(18)30-4)21-20(22(29)31-5)16(3)25-23-26-24(27-28(21)23)33-14-7-2/h11-12,15,21H,6-10,13-14H2,1-5H3,(H,25,26,27). The number of allylic oxidation sites excluding steroid dienone is 1. The zero-order chi connectivity index (χ0) is 23.8. The molecular formula is C24H34N4O4S. The zero-order valence-corrected chi connectivity index (χ0v) is 21.0. The van der Waals surface area contributed by atoms with E-state index in [9.17, 15) is 4.79 Å². The Bertz CT molecular complexity index is 989. The molecule has 9 heteroatoms. The van der Waals surface area contributed by atoms with Gasteiger partial charge in [-0.25, -0.2) is 9.48 Å². The fourth-order valence-electron chi connectivity index (χ4n) is 3.75. The van der Waals surface area contributed by atoms with Crippen LogP contribution in [0.3, 0.4) is 0 Å². The molecule has 180 valence electrons. The summed E-state index contributed by atoms with van der Waals surface area (Å²) in [4.78, 5) is 17.4. The summed E-state index contributed by atoms with van der Waals surface area (Å²) in [7, 11) is 3.00. The quantitative estimate of drug-likeness (QED) is 0.255. The molecule has 0 amide bonds. The van der Waals surface area contributed by atoms with E-state index in [1.54, 1.807) is 23.6 Å². The normalized spacial score (nSPS) is 15.1. The van der Waals surface area contributed by atoms with Crippen molar-refractivity contribution in [1.82, 2.24) is 14.8 Å². The molecule has 2 aromatic rings. The van der Waals surface area contributed by atoms with Gasteiger partial charge >= 0.3 is 5.97 Å². The Balaban J connectivity index is 1.95. The van der Waals surface area contributed by atoms with Crippen LogP contribution in [0.25, 0.3) is 0 Å². The summed E-state index contributed by atoms with van der Waals surface area (Å²) in [6, 6.07) is 5.24. The minimum atomic E-state index is -0.496. The number of fused-ring (bicyclic) bond motifs is 1. The van der Waals surface area contributed by atoms with Crippen LogP contribution in [0.5, 0.6) is 11.5 Å². The molecule has 2 heterocycles. The van der Waals surface area contributed by atoms with E-state index in [-0.39, 0.29) is 0 Å². The number of hydrogen-bond acceptors (Lipinski definition) is 8. The number of aromatic nitrogens is 3. The van der Waals surface area contributed by atoms with E-state index in [0.29, 0.717) is 40.5 Å². The first-order valence-electron chi connectivity index (χ1n) is 11.5. The van der Waals surface area contributed by atoms with E-state index in [0.717, 1.165) is 30.6 Å². The van der Waals surface area contributed by atoms with Crippen LogP contribution in [0.15, 0.2) is 34.6 Å². The van der Waals surface area contributed by atoms with Gasteiger partial charge < -0.3 is 19.5 Å². The third kappa shape index (κ3) is 5.82. The van der Waals surface area contributed by atoms with Gasteiger partial charge in [0.2, 0.25) is 11.1 Å². The average Bonchev–Trinajstić information content (AvgIpc) is 3.23. The number of nitrogens with one attached hydrogen (secondary N) is 1. The Morgan fingerprint density at radius 2 is 1.97 bits per heavy atom. The Kier molecular flexibility index (Phi) is 9.05. The summed E-state index contributed by atoms with van der Waals surface area (Å²) in [5.74, 6) is 2.40. The number of thioether (sulfide) groups is 1. The number of carbonyl (C=O) groups excluding carboxylic acids is 1. The lowest BCUT2D eigenvalue weighted by atomic mass is 9.95. The fraction of sp³-hybridized carbons (Fsp3) is 0.542. The number of unbranched alkanes of at least 4 members (excludes halogenated alkanes) is 3. The van der Waals surface area contributed by atoms with Crippen LogP contribution in [0.4, 0.5) is 5.95 Å². The number of benzene rings is 1. The SMILES string of the molecule is CCCCCCOc1ccc(C2C(C(=O)OC)=C(C)Nc3nc(SCCC)nn32)cc1OC. The molecule has 1 aliphatic heterocycles. The van der Waals surface area contributed by atoms with Gasteiger partial charge in [-0.1, -0.05) is 50.9 Å². The van der Waals surface area contributed by atoms with Gasteiger partial charge in [0, 0.05) is 11.4 Å². The van der Waals surface area contributed by atoms with Gasteiger partial charge in [-0.3, -0.25) is 0 Å². The van der Waals surface area contributed by atoms with Gasteiger partial charge in [-0.2, -0.15) is 4.98 Å². The van der Waals surface area contributed by atoms with Gasteiger partial charge in [0.15, 0.2) is 11.5 Å². The van der Waals surface area contributed by atoms with E-state index < -0.39 is 12.0 Å². The lowest BCUT2D eigenvalue weighted by Gasteiger charge is -2.28. The molecule has 0 saturated heterocycles. The molecule has 1 aromatic heterocycles. The summed E-state index contributed by atoms with van der Waals surface area (Å²) in [5, 5.41) is 8.57. The van der Waals surface area contributed by atoms with E-state index in [4.69, 9.17) is 19.3 Å². The number of anilines is 1. The first-order chi connectivity index (χ1) is 16.0. The fourth-order valence-corrected chi connectivity index (χ4v) is 4.44. The number of carbonyl (C=O) groups is 1. The Morgan fingerprint density at radius 1 is 1.15 bits per heavy atom. The molecule has 0 spiro atoms. The van der Waals surface area contributed by atoms with Gasteiger partial charge in [-0.05, 0) is 37.5 Å². The number of esters is 1. The van der Waals surface area contributed by atoms with E-state index >= 15 is 0 Å². The second-order valence-electron chi connectivity index (χ2n) is 7.89. The summed E-state index contributed by atoms with van der Waals surface area (Å²) >= 11 is 1.59. The molecule has 1 unspecified atom stereocenters. The maximum atomic E-state index is 12.8. The molecular weight excluding hydrogens is 440 g/mol. The van der Waals surface area contributed by atoms with Crippen LogP contribution in [-0.2, 0) is 9.53 Å². The van der Waals surface area contributed by atoms with E-state index in [2.05, 4.69) is 24.1 Å². The molecule has 3 rings (SSSR count). The summed E-state index contributed by atoms with van der Waals surface area (Å²) in [6.07, 6.45) is 5.56. The molecule has 0 bridgehead atoms. The van der Waals surface area contributed by atoms with Gasteiger partial charge in [0.05, 0.1) is 26.4 Å². The summed E-state index contributed by atoms with van der Waals surface area (Å²) in [6.45, 7) is 6.79. The van der Waals surface area contributed by atoms with Crippen LogP contribution < -0.4 is 14.8 Å². The van der Waals surface area contributed by atoms with Crippen molar-refractivity contribution in [3.05, 3.63) is 35.0 Å². The highest BCUT2D eigenvalue weighted by atomic mass is 32.2. The van der Waals surface area contributed by atoms with Crippen molar-refractivity contribution in [3.63, 3.8) is 0 Å². The van der Waals surface area contributed by atoms with Crippen LogP contribution >= 0.6 is 11.8 Å². The molecule has 0 radical (unpaired) electrons. The van der Waals surface area contributed by atoms with Crippen molar-refractivity contribution in [2.75, 3.05) is 31.9 Å². The van der Waals surface area contributed by atoms with Crippen molar-refractivity contribution >= 4 is 23.7 Å². The maximum absolute atomic E-state index is 12.8. The number of rotatable bonds is 12. The minimum Gasteiger partial charge on any atom is -0.493 e. The maximum Gasteiger partial charge on any atom is 0.338 e. The van der Waals surface area contributed by atoms with Gasteiger partial charge in [-0.15, -0.1) is 5.10 Å². The van der Waals surface area contributed by atoms with E-state index in [1.807, 2.05) is 25.1 Å². The zero-order valence-electron chi connectivity index (χ0n) is 20.1. The first kappa shape index (κ1) is 25.0. The Labute approximate surface area is 200 Å². The second-order valence-corrected chi connectivity index (χ2v) is 8.95. The number of methoxy groups -OCH3 is 2. The van der Waals surface area contributed by atoms with Gasteiger partial charge in [0.1, 0.15) is 6.04 Å². The molecule has 0 saturated carbocycles. The smallest absolute Gasteiger partial charge is 0.338 e. The largest absolute Gasteiger partial charge is 0.493 e. The average molecular weight is 475 g/mol. The van der Waals surface area contributed by atoms with Crippen molar-refractivity contribution in [2.45, 2.75) is 64.1 Å². The predicted octanol–water partition coefficient (Wildman–Crippen LogP) is 5.21. The highest BCUT2D eigenvalue weighted by Crippen LogP contribution is 2.39. The van der Waals surface area contributed by atoms with Gasteiger partial charge in [0.25, 0.3) is 0 Å². The van der Waals surface area contributed by atoms with Crippen LogP contribution in [0, 0.1) is 0 Å². The lowest BCUT2D eigenvalue weighted by molar-refractivity contribution is -0.136. The molecule has 0 aliphatic carbocycles. The second kappa shape index (κ2) is 12.0. The summed E-state index contributed by atoms with van der Waals surface area (Å²) in [5.41, 5.74) is 2.01. The third-order valence-corrected chi connectivity index (χ3v) is 6.48. The number of hydrogen-bond donors (Lipinski definition) is 1. The topological polar surface area (TPSA) is 87.5 Å². The van der Waals surface area contributed by atoms with Crippen LogP contribution in [0.1, 0.15) is 64.5 Å². The Hall–Kier alpha value is -2.68. The van der Waals surface area contributed by atoms with Crippen molar-refractivity contribution in [3.8, 4) is 11.5 Å². The molecule has 1 N–H and O–H groups in total. The molecule has 33 heavy (non-hydrogen) atoms. The van der Waals surface area contributed by atoms with Crippen LogP contribution in [-0.4, -0.2) is 47.3 Å². The van der Waals surface area contributed by atoms with Crippen molar-refractivity contribution in [1.29, 1.82) is 0 Å². The number of ether oxygens (including phenoxy) is 3. The van der Waals surface area contributed by atoms with Crippen molar-refractivity contribution < 1.29 is 19.0 Å². The molecule has 0 fully saturated rings.